The molecule has 0 amide bonds. The Kier molecular flexibility index (Phi) is 12.2. The SMILES string of the molecule is CCCOc1c2cc(N3C=CC(=C4C=CN(C)C=C4)C=C3)cc1Cc1cccc(c1O)Cc1cc(-[n+]3ccc(-c4cc[n+](C)cc4)cc3)cc(c1OCCC)Cc1cccc(c1O)C2. The van der Waals surface area contributed by atoms with Crippen molar-refractivity contribution in [1.82, 2.24) is 4.90 Å². The highest BCUT2D eigenvalue weighted by Gasteiger charge is 2.24. The van der Waals surface area contributed by atoms with Crippen molar-refractivity contribution in [2.75, 3.05) is 25.2 Å². The highest BCUT2D eigenvalue weighted by molar-refractivity contribution is 5.66. The van der Waals surface area contributed by atoms with Crippen molar-refractivity contribution in [2.24, 2.45) is 7.05 Å². The molecule has 4 aromatic carbocycles. The molecule has 2 aromatic heterocycles. The van der Waals surface area contributed by atoms with E-state index in [2.05, 4.69) is 146 Å². The molecule has 1 aliphatic carbocycles. The van der Waals surface area contributed by atoms with Gasteiger partial charge >= 0.3 is 0 Å². The van der Waals surface area contributed by atoms with Gasteiger partial charge in [0, 0.05) is 122 Å². The third-order valence-electron chi connectivity index (χ3n) is 12.2. The van der Waals surface area contributed by atoms with Gasteiger partial charge in [-0.3, -0.25) is 0 Å². The summed E-state index contributed by atoms with van der Waals surface area (Å²) in [5.74, 6) is 2.11. The second-order valence-electron chi connectivity index (χ2n) is 16.9. The first-order valence-corrected chi connectivity index (χ1v) is 22.4. The minimum atomic E-state index is 0.265. The summed E-state index contributed by atoms with van der Waals surface area (Å²) >= 11 is 0. The number of ether oxygens (including phenoxy) is 2. The Morgan fingerprint density at radius 3 is 1.38 bits per heavy atom. The number of phenolic OH excluding ortho intramolecular Hbond substituents is 2. The van der Waals surface area contributed by atoms with Crippen molar-refractivity contribution < 1.29 is 28.8 Å². The van der Waals surface area contributed by atoms with E-state index >= 15 is 0 Å². The normalized spacial score (nSPS) is 14.3. The van der Waals surface area contributed by atoms with E-state index in [0.29, 0.717) is 38.9 Å². The molecule has 2 aliphatic heterocycles. The average Bonchev–Trinajstić information content (AvgIpc) is 3.31. The lowest BCUT2D eigenvalue weighted by Gasteiger charge is -2.25. The maximum absolute atomic E-state index is 12.3. The number of nitrogens with zero attached hydrogens (tertiary/aromatic N) is 4. The van der Waals surface area contributed by atoms with Gasteiger partial charge in [-0.05, 0) is 93.8 Å². The number of para-hydroxylation sites is 2. The van der Waals surface area contributed by atoms with E-state index < -0.39 is 0 Å². The number of aromatic nitrogens is 2. The number of rotatable bonds is 9. The summed E-state index contributed by atoms with van der Waals surface area (Å²) in [5.41, 5.74) is 13.6. The van der Waals surface area contributed by atoms with Gasteiger partial charge < -0.3 is 29.5 Å². The summed E-state index contributed by atoms with van der Waals surface area (Å²) in [5, 5.41) is 24.5. The van der Waals surface area contributed by atoms with Gasteiger partial charge in [0.15, 0.2) is 24.8 Å². The van der Waals surface area contributed by atoms with Crippen LogP contribution in [0.15, 0.2) is 170 Å². The zero-order valence-corrected chi connectivity index (χ0v) is 37.2. The molecule has 64 heavy (non-hydrogen) atoms. The third-order valence-corrected chi connectivity index (χ3v) is 12.2. The molecule has 0 unspecified atom stereocenters. The van der Waals surface area contributed by atoms with Crippen LogP contribution in [0.1, 0.15) is 71.2 Å². The number of hydrogen-bond donors (Lipinski definition) is 2. The van der Waals surface area contributed by atoms with Crippen LogP contribution in [0.25, 0.3) is 16.8 Å². The fraction of sp³-hybridized carbons (Fsp3) is 0.214. The highest BCUT2D eigenvalue weighted by Crippen LogP contribution is 2.41. The topological polar surface area (TPSA) is 73.2 Å². The fourth-order valence-electron chi connectivity index (χ4n) is 8.72. The van der Waals surface area contributed by atoms with Crippen LogP contribution in [0.2, 0.25) is 0 Å². The predicted octanol–water partition coefficient (Wildman–Crippen LogP) is 10.2. The van der Waals surface area contributed by atoms with Crippen LogP contribution in [-0.4, -0.2) is 35.4 Å². The molecule has 8 nitrogen and oxygen atoms in total. The largest absolute Gasteiger partial charge is 0.507 e. The second kappa shape index (κ2) is 18.6. The van der Waals surface area contributed by atoms with Crippen LogP contribution >= 0.6 is 0 Å². The minimum Gasteiger partial charge on any atom is -0.507 e. The number of aromatic hydroxyl groups is 2. The Morgan fingerprint density at radius 2 is 0.938 bits per heavy atom. The molecule has 0 radical (unpaired) electrons. The van der Waals surface area contributed by atoms with Crippen LogP contribution in [0, 0.1) is 0 Å². The van der Waals surface area contributed by atoms with E-state index in [1.807, 2.05) is 60.0 Å². The van der Waals surface area contributed by atoms with Gasteiger partial charge in [-0.2, -0.15) is 4.57 Å². The van der Waals surface area contributed by atoms with E-state index in [0.717, 1.165) is 102 Å². The Bertz CT molecular complexity index is 2720. The predicted molar refractivity (Wildman–Crippen MR) is 254 cm³/mol. The minimum absolute atomic E-state index is 0.265. The summed E-state index contributed by atoms with van der Waals surface area (Å²) < 4.78 is 17.5. The third kappa shape index (κ3) is 8.95. The smallest absolute Gasteiger partial charge is 0.211 e. The molecule has 6 aromatic rings. The maximum atomic E-state index is 12.3. The summed E-state index contributed by atoms with van der Waals surface area (Å²) in [6.07, 6.45) is 28.6. The van der Waals surface area contributed by atoms with Crippen molar-refractivity contribution in [3.05, 3.63) is 214 Å². The number of allylic oxidation sites excluding steroid dienone is 6. The molecule has 0 atom stereocenters. The molecule has 8 bridgehead atoms. The number of pyridine rings is 2. The number of benzene rings is 4. The monoisotopic (exact) mass is 848 g/mol. The van der Waals surface area contributed by atoms with Crippen molar-refractivity contribution in [3.8, 4) is 39.8 Å². The number of aryl methyl sites for hydroxylation is 1. The Balaban J connectivity index is 1.17. The van der Waals surface area contributed by atoms with Gasteiger partial charge in [0.2, 0.25) is 5.69 Å². The van der Waals surface area contributed by atoms with Gasteiger partial charge in [0.05, 0.1) is 13.2 Å². The Labute approximate surface area is 376 Å². The molecule has 4 heterocycles. The summed E-state index contributed by atoms with van der Waals surface area (Å²) in [6.45, 7) is 5.30. The molecule has 0 spiro atoms. The summed E-state index contributed by atoms with van der Waals surface area (Å²) in [6, 6.07) is 29.3. The van der Waals surface area contributed by atoms with Crippen molar-refractivity contribution in [1.29, 1.82) is 0 Å². The van der Waals surface area contributed by atoms with Gasteiger partial charge in [-0.15, -0.1) is 0 Å². The molecule has 0 saturated carbocycles. The number of fused-ring (bicyclic) bond motifs is 8. The van der Waals surface area contributed by atoms with E-state index in [4.69, 9.17) is 9.47 Å². The highest BCUT2D eigenvalue weighted by atomic mass is 16.5. The van der Waals surface area contributed by atoms with Crippen LogP contribution < -0.4 is 23.5 Å². The van der Waals surface area contributed by atoms with Crippen molar-refractivity contribution in [2.45, 2.75) is 52.4 Å². The molecule has 0 saturated heterocycles. The van der Waals surface area contributed by atoms with E-state index in [1.54, 1.807) is 0 Å². The van der Waals surface area contributed by atoms with Gasteiger partial charge in [-0.1, -0.05) is 50.2 Å². The lowest BCUT2D eigenvalue weighted by Crippen LogP contribution is -2.30. The number of hydrogen-bond acceptors (Lipinski definition) is 6. The standard InChI is InChI=1S/C56H54N4O4/c1-5-29-63-55-47-31-43-9-7-11-45(53(43)61)33-49-37-52(60-27-19-42(20-28-60)40-15-23-58(4)24-16-40)38-50(56(49)64-30-6-2)34-46-12-8-10-44(54(46)62)32-48(55)36-51(35-47)59-25-17-41(18-26-59)39-13-21-57(3)22-14-39/h7-28,35-38H,5-6,29-34H2,1-4H3/p+2. The van der Waals surface area contributed by atoms with E-state index in [1.165, 1.54) is 0 Å². The summed E-state index contributed by atoms with van der Waals surface area (Å²) in [4.78, 5) is 4.16. The van der Waals surface area contributed by atoms with Crippen LogP contribution in [0.3, 0.4) is 0 Å². The lowest BCUT2D eigenvalue weighted by molar-refractivity contribution is -0.671. The molecular formula is C56H56N4O4+2. The molecule has 2 N–H and O–H groups in total. The second-order valence-corrected chi connectivity index (χ2v) is 16.9. The van der Waals surface area contributed by atoms with Crippen LogP contribution in [-0.2, 0) is 32.7 Å². The Hall–Kier alpha value is -7.32. The van der Waals surface area contributed by atoms with Crippen molar-refractivity contribution in [3.63, 3.8) is 0 Å². The number of phenols is 2. The van der Waals surface area contributed by atoms with Crippen LogP contribution in [0.4, 0.5) is 5.69 Å². The van der Waals surface area contributed by atoms with E-state index in [-0.39, 0.29) is 11.5 Å². The Morgan fingerprint density at radius 1 is 0.531 bits per heavy atom. The van der Waals surface area contributed by atoms with Gasteiger partial charge in [0.25, 0.3) is 0 Å². The first-order chi connectivity index (χ1) is 31.2. The lowest BCUT2D eigenvalue weighted by atomic mass is 9.90. The summed E-state index contributed by atoms with van der Waals surface area (Å²) in [7, 11) is 4.04. The maximum Gasteiger partial charge on any atom is 0.211 e. The van der Waals surface area contributed by atoms with Gasteiger partial charge in [0.1, 0.15) is 30.0 Å². The van der Waals surface area contributed by atoms with E-state index in [9.17, 15) is 10.2 Å². The first kappa shape index (κ1) is 42.0. The van der Waals surface area contributed by atoms with Crippen LogP contribution in [0.5, 0.6) is 23.0 Å². The van der Waals surface area contributed by atoms with Crippen molar-refractivity contribution >= 4 is 5.69 Å². The zero-order chi connectivity index (χ0) is 44.2. The molecular weight excluding hydrogens is 793 g/mol. The molecule has 8 heteroatoms. The van der Waals surface area contributed by atoms with Gasteiger partial charge in [-0.25, -0.2) is 4.57 Å². The number of anilines is 1. The molecule has 0 fully saturated rings. The molecule has 9 rings (SSSR count). The molecule has 3 aliphatic rings. The quantitative estimate of drug-likeness (QED) is 0.141. The first-order valence-electron chi connectivity index (χ1n) is 22.4. The average molecular weight is 849 g/mol. The zero-order valence-electron chi connectivity index (χ0n) is 37.2. The fourth-order valence-corrected chi connectivity index (χ4v) is 8.72. The molecule has 322 valence electrons.